The second-order valence-electron chi connectivity index (χ2n) is 4.15. The summed E-state index contributed by atoms with van der Waals surface area (Å²) >= 11 is 5.91. The van der Waals surface area contributed by atoms with Crippen molar-refractivity contribution in [3.05, 3.63) is 46.6 Å². The van der Waals surface area contributed by atoms with E-state index >= 15 is 0 Å². The molecule has 1 heterocycles. The predicted molar refractivity (Wildman–Crippen MR) is 74.5 cm³/mol. The van der Waals surface area contributed by atoms with Crippen LogP contribution in [-0.4, -0.2) is 30.2 Å². The Morgan fingerprint density at radius 3 is 2.67 bits per heavy atom. The number of hydrogen-bond donors (Lipinski definition) is 0. The van der Waals surface area contributed by atoms with E-state index in [4.69, 9.17) is 16.3 Å². The van der Waals surface area contributed by atoms with Crippen molar-refractivity contribution in [1.82, 2.24) is 9.97 Å². The first-order valence-corrected chi connectivity index (χ1v) is 6.33. The van der Waals surface area contributed by atoms with E-state index in [9.17, 15) is 9.18 Å². The van der Waals surface area contributed by atoms with E-state index in [1.807, 2.05) is 0 Å². The smallest absolute Gasteiger partial charge is 0.337 e. The van der Waals surface area contributed by atoms with Crippen molar-refractivity contribution in [3.63, 3.8) is 0 Å². The molecule has 0 aliphatic carbocycles. The van der Waals surface area contributed by atoms with Gasteiger partial charge in [0.05, 0.1) is 18.4 Å². The van der Waals surface area contributed by atoms with E-state index in [-0.39, 0.29) is 17.3 Å². The minimum atomic E-state index is -0.631. The highest BCUT2D eigenvalue weighted by atomic mass is 35.5. The lowest BCUT2D eigenvalue weighted by Gasteiger charge is -2.07. The summed E-state index contributed by atoms with van der Waals surface area (Å²) in [6, 6.07) is 5.30. The topological polar surface area (TPSA) is 61.3 Å². The van der Waals surface area contributed by atoms with Gasteiger partial charge in [0.15, 0.2) is 5.82 Å². The van der Waals surface area contributed by atoms with Crippen molar-refractivity contribution in [2.75, 3.05) is 14.2 Å². The highest BCUT2D eigenvalue weighted by Crippen LogP contribution is 2.23. The van der Waals surface area contributed by atoms with E-state index in [0.29, 0.717) is 17.1 Å². The Morgan fingerprint density at radius 2 is 2.00 bits per heavy atom. The molecule has 0 fully saturated rings. The van der Waals surface area contributed by atoms with E-state index < -0.39 is 11.8 Å². The number of halogens is 2. The quantitative estimate of drug-likeness (QED) is 0.642. The maximum Gasteiger partial charge on any atom is 0.337 e. The SMILES string of the molecule is COCc1nc(Cl)cc(-c2cc(F)cc(C(=O)OC)c2)n1. The van der Waals surface area contributed by atoms with Gasteiger partial charge < -0.3 is 9.47 Å². The standard InChI is InChI=1S/C14H12ClFN2O3/c1-20-7-13-17-11(6-12(15)18-13)8-3-9(14(19)21-2)5-10(16)4-8/h3-6H,7H2,1-2H3. The lowest BCUT2D eigenvalue weighted by atomic mass is 10.1. The van der Waals surface area contributed by atoms with Gasteiger partial charge in [-0.1, -0.05) is 11.6 Å². The van der Waals surface area contributed by atoms with Crippen molar-refractivity contribution >= 4 is 17.6 Å². The number of ether oxygens (including phenoxy) is 2. The zero-order chi connectivity index (χ0) is 15.4. The highest BCUT2D eigenvalue weighted by molar-refractivity contribution is 6.29. The molecule has 0 bridgehead atoms. The Balaban J connectivity index is 2.50. The molecule has 1 aromatic carbocycles. The molecule has 2 rings (SSSR count). The number of carbonyl (C=O) groups excluding carboxylic acids is 1. The Kier molecular flexibility index (Phi) is 4.82. The summed E-state index contributed by atoms with van der Waals surface area (Å²) in [7, 11) is 2.73. The molecule has 0 radical (unpaired) electrons. The molecule has 0 amide bonds. The van der Waals surface area contributed by atoms with Crippen LogP contribution in [0, 0.1) is 5.82 Å². The van der Waals surface area contributed by atoms with E-state index in [1.54, 1.807) is 0 Å². The number of esters is 1. The van der Waals surface area contributed by atoms with Crippen LogP contribution in [0.15, 0.2) is 24.3 Å². The number of rotatable bonds is 4. The van der Waals surface area contributed by atoms with Gasteiger partial charge in [-0.25, -0.2) is 19.2 Å². The largest absolute Gasteiger partial charge is 0.465 e. The van der Waals surface area contributed by atoms with Gasteiger partial charge >= 0.3 is 5.97 Å². The van der Waals surface area contributed by atoms with Crippen molar-refractivity contribution in [1.29, 1.82) is 0 Å². The van der Waals surface area contributed by atoms with Crippen molar-refractivity contribution in [2.24, 2.45) is 0 Å². The summed E-state index contributed by atoms with van der Waals surface area (Å²) in [5, 5.41) is 0.205. The van der Waals surface area contributed by atoms with E-state index in [0.717, 1.165) is 6.07 Å². The molecular weight excluding hydrogens is 299 g/mol. The summed E-state index contributed by atoms with van der Waals surface area (Å²) in [6.07, 6.45) is 0. The Morgan fingerprint density at radius 1 is 1.24 bits per heavy atom. The first kappa shape index (κ1) is 15.3. The fourth-order valence-corrected chi connectivity index (χ4v) is 1.98. The summed E-state index contributed by atoms with van der Waals surface area (Å²) in [4.78, 5) is 19.7. The van der Waals surface area contributed by atoms with Crippen molar-refractivity contribution in [3.8, 4) is 11.3 Å². The molecule has 0 atom stereocenters. The van der Waals surface area contributed by atoms with Crippen LogP contribution in [0.4, 0.5) is 4.39 Å². The van der Waals surface area contributed by atoms with Crippen molar-refractivity contribution in [2.45, 2.75) is 6.61 Å². The molecule has 0 saturated carbocycles. The Hall–Kier alpha value is -2.05. The molecular formula is C14H12ClFN2O3. The van der Waals surface area contributed by atoms with Gasteiger partial charge in [-0.3, -0.25) is 0 Å². The van der Waals surface area contributed by atoms with Crippen LogP contribution in [0.1, 0.15) is 16.2 Å². The average molecular weight is 311 g/mol. The van der Waals surface area contributed by atoms with Crippen LogP contribution >= 0.6 is 11.6 Å². The maximum absolute atomic E-state index is 13.7. The van der Waals surface area contributed by atoms with Gasteiger partial charge in [0.25, 0.3) is 0 Å². The van der Waals surface area contributed by atoms with Crippen LogP contribution in [0.2, 0.25) is 5.15 Å². The number of nitrogens with zero attached hydrogens (tertiary/aromatic N) is 2. The summed E-state index contributed by atoms with van der Waals surface area (Å²) in [5.41, 5.74) is 0.888. The average Bonchev–Trinajstić information content (AvgIpc) is 2.45. The predicted octanol–water partition coefficient (Wildman–Crippen LogP) is 2.87. The Bertz CT molecular complexity index is 679. The van der Waals surface area contributed by atoms with Crippen LogP contribution < -0.4 is 0 Å². The third-order valence-electron chi connectivity index (χ3n) is 2.63. The second kappa shape index (κ2) is 6.60. The number of aromatic nitrogens is 2. The molecule has 0 saturated heterocycles. The number of hydrogen-bond acceptors (Lipinski definition) is 5. The van der Waals surface area contributed by atoms with Crippen molar-refractivity contribution < 1.29 is 18.7 Å². The zero-order valence-corrected chi connectivity index (χ0v) is 12.1. The molecule has 0 N–H and O–H groups in total. The molecule has 21 heavy (non-hydrogen) atoms. The number of carbonyl (C=O) groups is 1. The second-order valence-corrected chi connectivity index (χ2v) is 4.53. The normalized spacial score (nSPS) is 10.5. The van der Waals surface area contributed by atoms with Gasteiger partial charge in [-0.2, -0.15) is 0 Å². The minimum Gasteiger partial charge on any atom is -0.465 e. The van der Waals surface area contributed by atoms with Gasteiger partial charge in [0, 0.05) is 18.7 Å². The molecule has 5 nitrogen and oxygen atoms in total. The fourth-order valence-electron chi connectivity index (χ4n) is 1.78. The van der Waals surface area contributed by atoms with Gasteiger partial charge in [-0.15, -0.1) is 0 Å². The number of methoxy groups -OCH3 is 2. The summed E-state index contributed by atoms with van der Waals surface area (Å²) < 4.78 is 23.2. The molecule has 0 aliphatic heterocycles. The molecule has 2 aromatic rings. The first-order chi connectivity index (χ1) is 10.0. The highest BCUT2D eigenvalue weighted by Gasteiger charge is 2.12. The summed E-state index contributed by atoms with van der Waals surface area (Å²) in [6.45, 7) is 0.173. The molecule has 7 heteroatoms. The lowest BCUT2D eigenvalue weighted by Crippen LogP contribution is -2.03. The van der Waals surface area contributed by atoms with E-state index in [2.05, 4.69) is 14.7 Å². The minimum absolute atomic E-state index is 0.0931. The Labute approximate surface area is 125 Å². The molecule has 0 aliphatic rings. The maximum atomic E-state index is 13.7. The fraction of sp³-hybridized carbons (Fsp3) is 0.214. The molecule has 110 valence electrons. The van der Waals surface area contributed by atoms with Gasteiger partial charge in [0.2, 0.25) is 0 Å². The monoisotopic (exact) mass is 310 g/mol. The third kappa shape index (κ3) is 3.74. The van der Waals surface area contributed by atoms with Crippen LogP contribution in [0.5, 0.6) is 0 Å². The third-order valence-corrected chi connectivity index (χ3v) is 2.82. The van der Waals surface area contributed by atoms with Gasteiger partial charge in [0.1, 0.15) is 17.6 Å². The van der Waals surface area contributed by atoms with Crippen LogP contribution in [0.3, 0.4) is 0 Å². The van der Waals surface area contributed by atoms with Gasteiger partial charge in [-0.05, 0) is 18.2 Å². The van der Waals surface area contributed by atoms with E-state index in [1.165, 1.54) is 32.4 Å². The van der Waals surface area contributed by atoms with Crippen LogP contribution in [-0.2, 0) is 16.1 Å². The molecule has 0 spiro atoms. The first-order valence-electron chi connectivity index (χ1n) is 5.95. The number of benzene rings is 1. The zero-order valence-electron chi connectivity index (χ0n) is 11.4. The summed E-state index contributed by atoms with van der Waals surface area (Å²) in [5.74, 6) is -0.840. The molecule has 1 aromatic heterocycles. The lowest BCUT2D eigenvalue weighted by molar-refractivity contribution is 0.0600. The van der Waals surface area contributed by atoms with Crippen LogP contribution in [0.25, 0.3) is 11.3 Å². The molecule has 0 unspecified atom stereocenters.